The molecule has 2 aromatic carbocycles. The number of methoxy groups -OCH3 is 3. The Labute approximate surface area is 259 Å². The molecule has 1 fully saturated rings. The van der Waals surface area contributed by atoms with Crippen molar-refractivity contribution in [3.05, 3.63) is 45.6 Å². The molecule has 4 rings (SSSR count). The maximum atomic E-state index is 13.8. The fourth-order valence-electron chi connectivity index (χ4n) is 6.00. The molecule has 0 saturated carbocycles. The average molecular weight is 611 g/mol. The summed E-state index contributed by atoms with van der Waals surface area (Å²) in [4.78, 5) is 41.7. The Hall–Kier alpha value is -3.83. The van der Waals surface area contributed by atoms with Crippen molar-refractivity contribution in [3.8, 4) is 28.4 Å². The number of anilines is 1. The molecule has 0 radical (unpaired) electrons. The molecule has 240 valence electrons. The van der Waals surface area contributed by atoms with Crippen molar-refractivity contribution < 1.29 is 28.5 Å². The molecule has 0 bridgehead atoms. The summed E-state index contributed by atoms with van der Waals surface area (Å²) >= 11 is 0. The van der Waals surface area contributed by atoms with Crippen LogP contribution in [-0.2, 0) is 20.7 Å². The highest BCUT2D eigenvalue weighted by molar-refractivity contribution is 5.86. The maximum absolute atomic E-state index is 13.8. The first kappa shape index (κ1) is 33.1. The van der Waals surface area contributed by atoms with E-state index < -0.39 is 12.1 Å². The fourth-order valence-corrected chi connectivity index (χ4v) is 6.00. The highest BCUT2D eigenvalue weighted by Crippen LogP contribution is 2.50. The first-order chi connectivity index (χ1) is 21.2. The van der Waals surface area contributed by atoms with Crippen LogP contribution in [-0.4, -0.2) is 83.5 Å². The molecule has 0 spiro atoms. The number of aryl methyl sites for hydroxylation is 1. The van der Waals surface area contributed by atoms with Gasteiger partial charge in [-0.25, -0.2) is 0 Å². The molecule has 2 atom stereocenters. The van der Waals surface area contributed by atoms with E-state index in [-0.39, 0.29) is 23.2 Å². The molecule has 11 nitrogen and oxygen atoms in total. The molecular formula is C33H46N4O7. The van der Waals surface area contributed by atoms with E-state index in [0.29, 0.717) is 67.5 Å². The Bertz CT molecular complexity index is 1390. The Morgan fingerprint density at radius 2 is 1.77 bits per heavy atom. The van der Waals surface area contributed by atoms with E-state index >= 15 is 0 Å². The molecule has 2 amide bonds. The van der Waals surface area contributed by atoms with E-state index in [1.807, 2.05) is 26.0 Å². The lowest BCUT2D eigenvalue weighted by atomic mass is 9.95. The number of amides is 2. The van der Waals surface area contributed by atoms with E-state index in [9.17, 15) is 14.4 Å². The van der Waals surface area contributed by atoms with Crippen molar-refractivity contribution in [1.29, 1.82) is 0 Å². The van der Waals surface area contributed by atoms with Gasteiger partial charge in [-0.3, -0.25) is 19.3 Å². The number of nitrogens with zero attached hydrogens (tertiary/aromatic N) is 1. The summed E-state index contributed by atoms with van der Waals surface area (Å²) in [5, 5.41) is 9.33. The van der Waals surface area contributed by atoms with Gasteiger partial charge in [-0.1, -0.05) is 19.9 Å². The van der Waals surface area contributed by atoms with Crippen LogP contribution in [0.3, 0.4) is 0 Å². The van der Waals surface area contributed by atoms with Crippen LogP contribution < -0.4 is 35.6 Å². The number of rotatable bonds is 12. The van der Waals surface area contributed by atoms with Gasteiger partial charge in [0, 0.05) is 38.7 Å². The minimum atomic E-state index is -0.605. The SMILES string of the molecule is COc1cc2c(c(OC)c1OC)-c1ccc(N[C@@H](CC(C)C)C(=O)NCCN3CCOCC3)c(=O)cc1[C@@H](NC(C)=O)CC2. The molecule has 0 aromatic heterocycles. The second kappa shape index (κ2) is 15.3. The Morgan fingerprint density at radius 3 is 2.41 bits per heavy atom. The predicted molar refractivity (Wildman–Crippen MR) is 170 cm³/mol. The van der Waals surface area contributed by atoms with Gasteiger partial charge in [0.05, 0.1) is 46.3 Å². The van der Waals surface area contributed by atoms with Gasteiger partial charge < -0.3 is 34.9 Å². The number of fused-ring (bicyclic) bond motifs is 3. The maximum Gasteiger partial charge on any atom is 0.242 e. The van der Waals surface area contributed by atoms with Crippen LogP contribution in [0.2, 0.25) is 0 Å². The monoisotopic (exact) mass is 610 g/mol. The van der Waals surface area contributed by atoms with Crippen molar-refractivity contribution >= 4 is 17.5 Å². The fraction of sp³-hybridized carbons (Fsp3) is 0.545. The van der Waals surface area contributed by atoms with Gasteiger partial charge in [0.1, 0.15) is 6.04 Å². The zero-order valence-corrected chi connectivity index (χ0v) is 26.7. The number of benzene rings is 1. The van der Waals surface area contributed by atoms with Crippen LogP contribution in [0.4, 0.5) is 5.69 Å². The van der Waals surface area contributed by atoms with Gasteiger partial charge in [-0.15, -0.1) is 0 Å². The van der Waals surface area contributed by atoms with Gasteiger partial charge in [-0.05, 0) is 60.1 Å². The van der Waals surface area contributed by atoms with E-state index in [0.717, 1.165) is 36.3 Å². The Balaban J connectivity index is 1.73. The number of nitrogens with one attached hydrogen (secondary N) is 3. The van der Waals surface area contributed by atoms with E-state index in [4.69, 9.17) is 18.9 Å². The largest absolute Gasteiger partial charge is 0.493 e. The van der Waals surface area contributed by atoms with Crippen LogP contribution in [0, 0.1) is 5.92 Å². The van der Waals surface area contributed by atoms with Crippen molar-refractivity contribution in [3.63, 3.8) is 0 Å². The quantitative estimate of drug-likeness (QED) is 0.332. The third kappa shape index (κ3) is 7.81. The highest BCUT2D eigenvalue weighted by Gasteiger charge is 2.30. The van der Waals surface area contributed by atoms with Crippen molar-refractivity contribution in [2.45, 2.75) is 52.1 Å². The van der Waals surface area contributed by atoms with E-state index in [1.54, 1.807) is 33.5 Å². The van der Waals surface area contributed by atoms with Gasteiger partial charge in [0.15, 0.2) is 11.5 Å². The normalized spacial score (nSPS) is 17.0. The first-order valence-electron chi connectivity index (χ1n) is 15.3. The number of morpholine rings is 1. The highest BCUT2D eigenvalue weighted by atomic mass is 16.5. The molecule has 1 saturated heterocycles. The molecule has 0 unspecified atom stereocenters. The van der Waals surface area contributed by atoms with Gasteiger partial charge in [-0.2, -0.15) is 0 Å². The summed E-state index contributed by atoms with van der Waals surface area (Å²) in [6.45, 7) is 9.90. The summed E-state index contributed by atoms with van der Waals surface area (Å²) in [7, 11) is 4.69. The third-order valence-electron chi connectivity index (χ3n) is 8.10. The molecule has 11 heteroatoms. The number of ether oxygens (including phenoxy) is 4. The third-order valence-corrected chi connectivity index (χ3v) is 8.10. The van der Waals surface area contributed by atoms with Crippen molar-refractivity contribution in [2.24, 2.45) is 5.92 Å². The van der Waals surface area contributed by atoms with Crippen molar-refractivity contribution in [2.75, 3.05) is 66.0 Å². The number of hydrogen-bond donors (Lipinski definition) is 3. The second-order valence-electron chi connectivity index (χ2n) is 11.7. The topological polar surface area (TPSA) is 127 Å². The lowest BCUT2D eigenvalue weighted by molar-refractivity contribution is -0.122. The predicted octanol–water partition coefficient (Wildman–Crippen LogP) is 3.14. The number of hydrogen-bond acceptors (Lipinski definition) is 9. The molecule has 1 aliphatic heterocycles. The lowest BCUT2D eigenvalue weighted by Crippen LogP contribution is -2.45. The molecule has 1 aliphatic carbocycles. The van der Waals surface area contributed by atoms with Gasteiger partial charge in [0.2, 0.25) is 23.0 Å². The van der Waals surface area contributed by atoms with Crippen LogP contribution in [0.5, 0.6) is 17.2 Å². The Kier molecular flexibility index (Phi) is 11.5. The minimum Gasteiger partial charge on any atom is -0.493 e. The van der Waals surface area contributed by atoms with Crippen molar-refractivity contribution in [1.82, 2.24) is 15.5 Å². The number of carbonyl (C=O) groups excluding carboxylic acids is 2. The van der Waals surface area contributed by atoms with E-state index in [1.165, 1.54) is 6.92 Å². The van der Waals surface area contributed by atoms with Crippen LogP contribution in [0.1, 0.15) is 50.8 Å². The first-order valence-corrected chi connectivity index (χ1v) is 15.3. The molecular weight excluding hydrogens is 564 g/mol. The summed E-state index contributed by atoms with van der Waals surface area (Å²) < 4.78 is 22.6. The summed E-state index contributed by atoms with van der Waals surface area (Å²) in [6, 6.07) is 6.03. The van der Waals surface area contributed by atoms with Gasteiger partial charge >= 0.3 is 0 Å². The molecule has 2 aliphatic rings. The summed E-state index contributed by atoms with van der Waals surface area (Å²) in [6.07, 6.45) is 1.71. The molecule has 44 heavy (non-hydrogen) atoms. The minimum absolute atomic E-state index is 0.153. The zero-order chi connectivity index (χ0) is 31.8. The standard InChI is InChI=1S/C33H46N4O7/c1-20(2)17-27(33(40)34-11-12-37-13-15-44-16-14-37)36-26-10-8-23-24(19-28(26)39)25(35-21(3)38)9-7-22-18-29(41-4)31(42-5)32(43-6)30(22)23/h8,10,18-20,25,27H,7,9,11-17H2,1-6H3,(H,34,40)(H,35,38)(H,36,39)/t25-,27-/m0/s1. The second-order valence-corrected chi connectivity index (χ2v) is 11.7. The van der Waals surface area contributed by atoms with Crippen LogP contribution in [0.25, 0.3) is 11.1 Å². The smallest absolute Gasteiger partial charge is 0.242 e. The van der Waals surface area contributed by atoms with E-state index in [2.05, 4.69) is 20.9 Å². The van der Waals surface area contributed by atoms with Gasteiger partial charge in [0.25, 0.3) is 0 Å². The summed E-state index contributed by atoms with van der Waals surface area (Å²) in [5.74, 6) is 1.32. The van der Waals surface area contributed by atoms with Crippen LogP contribution in [0.15, 0.2) is 29.1 Å². The average Bonchev–Trinajstić information content (AvgIpc) is 3.24. The zero-order valence-electron chi connectivity index (χ0n) is 26.7. The Morgan fingerprint density at radius 1 is 1.05 bits per heavy atom. The number of carbonyl (C=O) groups is 2. The lowest BCUT2D eigenvalue weighted by Gasteiger charge is -2.27. The molecule has 2 aromatic rings. The molecule has 3 N–H and O–H groups in total. The van der Waals surface area contributed by atoms with Crippen LogP contribution >= 0.6 is 0 Å². The molecule has 1 heterocycles. The summed E-state index contributed by atoms with van der Waals surface area (Å²) in [5.41, 5.74) is 3.13.